The summed E-state index contributed by atoms with van der Waals surface area (Å²) in [5.74, 6) is 0.400. The van der Waals surface area contributed by atoms with Crippen LogP contribution in [0.5, 0.6) is 0 Å². The van der Waals surface area contributed by atoms with Crippen molar-refractivity contribution in [2.24, 2.45) is 11.7 Å². The molecule has 6 nitrogen and oxygen atoms in total. The molecule has 3 rings (SSSR count). The van der Waals surface area contributed by atoms with E-state index in [1.807, 2.05) is 20.8 Å². The molecular weight excluding hydrogens is 294 g/mol. The Bertz CT molecular complexity index is 437. The van der Waals surface area contributed by atoms with Crippen LogP contribution < -0.4 is 16.4 Å². The molecule has 6 atom stereocenters. The molecule has 0 spiro atoms. The maximum absolute atomic E-state index is 12.1. The number of nitrogens with two attached hydrogens (primary N) is 1. The van der Waals surface area contributed by atoms with Gasteiger partial charge in [-0.25, -0.2) is 4.79 Å². The second-order valence-electron chi connectivity index (χ2n) is 8.28. The zero-order chi connectivity index (χ0) is 16.6. The van der Waals surface area contributed by atoms with E-state index in [1.54, 1.807) is 0 Å². The van der Waals surface area contributed by atoms with Crippen molar-refractivity contribution in [3.63, 3.8) is 0 Å². The Morgan fingerprint density at radius 3 is 2.70 bits per heavy atom. The standard InChI is InChI=1S/C17H31N3O3/c1-17(2,3)23-16(21)20-13-12-7-8-22-15(12)14(13)19-11-6-4-5-10(18)9-11/h10-15,19H,4-9,18H2,1-3H3,(H,20,21). The van der Waals surface area contributed by atoms with Gasteiger partial charge in [0.25, 0.3) is 0 Å². The molecule has 1 heterocycles. The van der Waals surface area contributed by atoms with E-state index in [2.05, 4.69) is 10.6 Å². The summed E-state index contributed by atoms with van der Waals surface area (Å²) in [6, 6.07) is 0.983. The molecule has 1 aliphatic heterocycles. The Morgan fingerprint density at radius 2 is 2.00 bits per heavy atom. The van der Waals surface area contributed by atoms with Gasteiger partial charge in [0.05, 0.1) is 18.2 Å². The third-order valence-electron chi connectivity index (χ3n) is 5.21. The number of rotatable bonds is 3. The molecule has 4 N–H and O–H groups in total. The fourth-order valence-corrected chi connectivity index (χ4v) is 4.20. The van der Waals surface area contributed by atoms with Crippen LogP contribution in [0.25, 0.3) is 0 Å². The normalized spacial score (nSPS) is 40.2. The van der Waals surface area contributed by atoms with Crippen molar-refractivity contribution in [1.82, 2.24) is 10.6 Å². The molecule has 0 aromatic carbocycles. The number of hydrogen-bond donors (Lipinski definition) is 3. The van der Waals surface area contributed by atoms with E-state index in [0.29, 0.717) is 18.0 Å². The van der Waals surface area contributed by atoms with Crippen LogP contribution in [0.15, 0.2) is 0 Å². The third kappa shape index (κ3) is 3.98. The maximum atomic E-state index is 12.1. The summed E-state index contributed by atoms with van der Waals surface area (Å²) in [4.78, 5) is 12.1. The van der Waals surface area contributed by atoms with E-state index in [4.69, 9.17) is 15.2 Å². The molecule has 6 unspecified atom stereocenters. The van der Waals surface area contributed by atoms with Crippen LogP contribution in [0.1, 0.15) is 52.9 Å². The van der Waals surface area contributed by atoms with E-state index in [1.165, 1.54) is 6.42 Å². The van der Waals surface area contributed by atoms with Crippen molar-refractivity contribution in [1.29, 1.82) is 0 Å². The fraction of sp³-hybridized carbons (Fsp3) is 0.941. The average Bonchev–Trinajstić information content (AvgIpc) is 2.85. The van der Waals surface area contributed by atoms with Crippen molar-refractivity contribution in [2.75, 3.05) is 6.61 Å². The first-order valence-electron chi connectivity index (χ1n) is 8.96. The molecule has 3 aliphatic rings. The minimum Gasteiger partial charge on any atom is -0.444 e. The van der Waals surface area contributed by atoms with Crippen LogP contribution in [-0.2, 0) is 9.47 Å². The molecule has 3 fully saturated rings. The van der Waals surface area contributed by atoms with Crippen molar-refractivity contribution >= 4 is 6.09 Å². The van der Waals surface area contributed by atoms with Gasteiger partial charge in [0.1, 0.15) is 5.60 Å². The molecule has 132 valence electrons. The predicted molar refractivity (Wildman–Crippen MR) is 88.2 cm³/mol. The summed E-state index contributed by atoms with van der Waals surface area (Å²) in [5, 5.41) is 6.76. The molecular formula is C17H31N3O3. The van der Waals surface area contributed by atoms with E-state index >= 15 is 0 Å². The Kier molecular flexibility index (Phi) is 4.85. The van der Waals surface area contributed by atoms with Crippen LogP contribution in [0.3, 0.4) is 0 Å². The van der Waals surface area contributed by atoms with Gasteiger partial charge >= 0.3 is 6.09 Å². The fourth-order valence-electron chi connectivity index (χ4n) is 4.20. The lowest BCUT2D eigenvalue weighted by molar-refractivity contribution is -0.0393. The Balaban J connectivity index is 1.57. The van der Waals surface area contributed by atoms with Crippen LogP contribution in [0.4, 0.5) is 4.79 Å². The summed E-state index contributed by atoms with van der Waals surface area (Å²) < 4.78 is 11.3. The maximum Gasteiger partial charge on any atom is 0.407 e. The molecule has 0 aromatic heterocycles. The average molecular weight is 325 g/mol. The van der Waals surface area contributed by atoms with Gasteiger partial charge in [0.2, 0.25) is 0 Å². The van der Waals surface area contributed by atoms with Gasteiger partial charge in [-0.1, -0.05) is 6.42 Å². The van der Waals surface area contributed by atoms with Gasteiger partial charge in [-0.3, -0.25) is 0 Å². The summed E-state index contributed by atoms with van der Waals surface area (Å²) in [7, 11) is 0. The largest absolute Gasteiger partial charge is 0.444 e. The summed E-state index contributed by atoms with van der Waals surface area (Å²) in [5.41, 5.74) is 5.62. The molecule has 23 heavy (non-hydrogen) atoms. The highest BCUT2D eigenvalue weighted by molar-refractivity contribution is 5.68. The second-order valence-corrected chi connectivity index (χ2v) is 8.28. The lowest BCUT2D eigenvalue weighted by Gasteiger charge is -2.50. The summed E-state index contributed by atoms with van der Waals surface area (Å²) >= 11 is 0. The minimum atomic E-state index is -0.474. The molecule has 6 heteroatoms. The minimum absolute atomic E-state index is 0.0931. The first kappa shape index (κ1) is 17.0. The van der Waals surface area contributed by atoms with Gasteiger partial charge < -0.3 is 25.8 Å². The van der Waals surface area contributed by atoms with Crippen molar-refractivity contribution in [2.45, 2.75) is 88.7 Å². The first-order valence-corrected chi connectivity index (χ1v) is 8.96. The SMILES string of the molecule is CC(C)(C)OC(=O)NC1C2CCOC2C1NC1CCCC(N)C1. The van der Waals surface area contributed by atoms with Crippen molar-refractivity contribution in [3.05, 3.63) is 0 Å². The van der Waals surface area contributed by atoms with Crippen molar-refractivity contribution in [3.8, 4) is 0 Å². The highest BCUT2D eigenvalue weighted by Crippen LogP contribution is 2.40. The quantitative estimate of drug-likeness (QED) is 0.732. The van der Waals surface area contributed by atoms with Gasteiger partial charge in [-0.05, 0) is 46.5 Å². The topological polar surface area (TPSA) is 85.6 Å². The lowest BCUT2D eigenvalue weighted by Crippen LogP contribution is -2.71. The number of fused-ring (bicyclic) bond motifs is 1. The highest BCUT2D eigenvalue weighted by Gasteiger charge is 2.55. The zero-order valence-corrected chi connectivity index (χ0v) is 14.5. The first-order chi connectivity index (χ1) is 10.8. The number of carbonyl (C=O) groups is 1. The Morgan fingerprint density at radius 1 is 1.22 bits per heavy atom. The molecule has 2 aliphatic carbocycles. The van der Waals surface area contributed by atoms with Gasteiger partial charge in [-0.15, -0.1) is 0 Å². The number of amides is 1. The number of nitrogens with one attached hydrogen (secondary N) is 2. The van der Waals surface area contributed by atoms with Crippen LogP contribution in [0.2, 0.25) is 0 Å². The molecule has 0 bridgehead atoms. The molecule has 0 aromatic rings. The molecule has 0 radical (unpaired) electrons. The predicted octanol–water partition coefficient (Wildman–Crippen LogP) is 1.53. The third-order valence-corrected chi connectivity index (χ3v) is 5.21. The molecule has 1 amide bonds. The van der Waals surface area contributed by atoms with Gasteiger partial charge in [-0.2, -0.15) is 0 Å². The van der Waals surface area contributed by atoms with Crippen LogP contribution >= 0.6 is 0 Å². The van der Waals surface area contributed by atoms with Crippen LogP contribution in [-0.4, -0.2) is 48.6 Å². The smallest absolute Gasteiger partial charge is 0.407 e. The lowest BCUT2D eigenvalue weighted by atomic mass is 9.71. The van der Waals surface area contributed by atoms with Crippen molar-refractivity contribution < 1.29 is 14.3 Å². The van der Waals surface area contributed by atoms with E-state index in [0.717, 1.165) is 32.3 Å². The van der Waals surface area contributed by atoms with Crippen LogP contribution in [0, 0.1) is 5.92 Å². The number of ether oxygens (including phenoxy) is 2. The monoisotopic (exact) mass is 325 g/mol. The van der Waals surface area contributed by atoms with E-state index < -0.39 is 5.60 Å². The Labute approximate surface area is 138 Å². The van der Waals surface area contributed by atoms with E-state index in [9.17, 15) is 4.79 Å². The van der Waals surface area contributed by atoms with Gasteiger partial charge in [0, 0.05) is 24.6 Å². The summed E-state index contributed by atoms with van der Waals surface area (Å²) in [6.45, 7) is 6.43. The van der Waals surface area contributed by atoms with E-state index in [-0.39, 0.29) is 24.3 Å². The number of carbonyl (C=O) groups excluding carboxylic acids is 1. The second kappa shape index (κ2) is 6.57. The summed E-state index contributed by atoms with van der Waals surface area (Å²) in [6.07, 6.45) is 5.34. The molecule has 2 saturated carbocycles. The highest BCUT2D eigenvalue weighted by atomic mass is 16.6. The van der Waals surface area contributed by atoms with Gasteiger partial charge in [0.15, 0.2) is 0 Å². The zero-order valence-electron chi connectivity index (χ0n) is 14.5. The Hall–Kier alpha value is -0.850. The molecule has 1 saturated heterocycles. The number of hydrogen-bond acceptors (Lipinski definition) is 5. The number of alkyl carbamates (subject to hydrolysis) is 1.